The third-order valence-corrected chi connectivity index (χ3v) is 7.44. The van der Waals surface area contributed by atoms with Crippen LogP contribution in [-0.4, -0.2) is 27.3 Å². The van der Waals surface area contributed by atoms with E-state index in [0.29, 0.717) is 22.2 Å². The molecule has 2 atom stereocenters. The summed E-state index contributed by atoms with van der Waals surface area (Å²) in [4.78, 5) is 18.1. The van der Waals surface area contributed by atoms with Crippen molar-refractivity contribution in [2.24, 2.45) is 0 Å². The number of carboxylic acids is 1. The van der Waals surface area contributed by atoms with Crippen molar-refractivity contribution in [1.82, 2.24) is 10.3 Å². The number of carboxylic acid groups (broad SMARTS) is 1. The largest absolute Gasteiger partial charge is 0.490 e. The van der Waals surface area contributed by atoms with Crippen LogP contribution in [0.2, 0.25) is 0 Å². The monoisotopic (exact) mass is 525 g/mol. The summed E-state index contributed by atoms with van der Waals surface area (Å²) in [7, 11) is 0. The summed E-state index contributed by atoms with van der Waals surface area (Å²) in [5.41, 5.74) is 2.65. The second kappa shape index (κ2) is 10.3. The first kappa shape index (κ1) is 24.2. The van der Waals surface area contributed by atoms with Crippen LogP contribution < -0.4 is 15.0 Å². The number of aromatic nitrogens is 1. The second-order valence-corrected chi connectivity index (χ2v) is 9.99. The Morgan fingerprint density at radius 1 is 1.03 bits per heavy atom. The molecule has 38 heavy (non-hydrogen) atoms. The minimum Gasteiger partial charge on any atom is -0.490 e. The maximum Gasteiger partial charge on any atom is 0.335 e. The average Bonchev–Trinajstić information content (AvgIpc) is 3.70. The van der Waals surface area contributed by atoms with E-state index in [1.807, 2.05) is 65.6 Å². The molecule has 2 aliphatic rings. The lowest BCUT2D eigenvalue weighted by Gasteiger charge is -2.26. The zero-order valence-corrected chi connectivity index (χ0v) is 21.4. The molecule has 4 aromatic rings. The van der Waals surface area contributed by atoms with Crippen LogP contribution in [0.5, 0.6) is 5.75 Å². The number of thiocarbonyl (C=S) groups is 1. The van der Waals surface area contributed by atoms with Crippen molar-refractivity contribution in [3.8, 4) is 17.1 Å². The maximum absolute atomic E-state index is 11.5. The lowest BCUT2D eigenvalue weighted by Crippen LogP contribution is -2.29. The van der Waals surface area contributed by atoms with Gasteiger partial charge in [-0.15, -0.1) is 0 Å². The van der Waals surface area contributed by atoms with Crippen LogP contribution >= 0.6 is 12.2 Å². The Balaban J connectivity index is 1.35. The Labute approximate surface area is 226 Å². The highest BCUT2D eigenvalue weighted by molar-refractivity contribution is 7.80. The lowest BCUT2D eigenvalue weighted by molar-refractivity contribution is 0.0697. The number of nitrogens with zero attached hydrogens (tertiary/aromatic N) is 2. The minimum absolute atomic E-state index is 0.206. The molecule has 0 bridgehead atoms. The molecule has 1 aliphatic heterocycles. The molecule has 0 amide bonds. The van der Waals surface area contributed by atoms with Gasteiger partial charge in [0, 0.05) is 17.4 Å². The van der Waals surface area contributed by atoms with Gasteiger partial charge in [0.2, 0.25) is 0 Å². The topological polar surface area (TPSA) is 87.8 Å². The molecule has 8 heteroatoms. The maximum atomic E-state index is 11.5. The van der Waals surface area contributed by atoms with Gasteiger partial charge in [0.15, 0.2) is 5.11 Å². The first-order valence-corrected chi connectivity index (χ1v) is 13.2. The zero-order chi connectivity index (χ0) is 26.1. The van der Waals surface area contributed by atoms with Gasteiger partial charge in [-0.05, 0) is 98.6 Å². The molecule has 1 aliphatic carbocycles. The van der Waals surface area contributed by atoms with Gasteiger partial charge in [-0.3, -0.25) is 4.98 Å². The lowest BCUT2D eigenvalue weighted by atomic mass is 10.0. The standard InChI is InChI=1S/C30H27N3O4S/c34-29(35)20-7-5-6-19(18-20)25-15-16-26(37-25)28-27(24-10-3-4-17-31-24)32-30(38)33(28)21-11-13-23(14-12-21)36-22-8-1-2-9-22/h3-7,10-18,22,27-28H,1-2,8-9H2,(H,32,38)(H,34,35)/t27-,28+/m0/s1. The summed E-state index contributed by atoms with van der Waals surface area (Å²) in [6, 6.07) is 23.8. The molecule has 3 heterocycles. The number of hydrogen-bond donors (Lipinski definition) is 2. The molecular weight excluding hydrogens is 498 g/mol. The van der Waals surface area contributed by atoms with E-state index >= 15 is 0 Å². The van der Waals surface area contributed by atoms with Crippen molar-refractivity contribution in [2.75, 3.05) is 4.90 Å². The average molecular weight is 526 g/mol. The molecule has 1 saturated heterocycles. The van der Waals surface area contributed by atoms with Crippen LogP contribution in [0.4, 0.5) is 5.69 Å². The molecule has 192 valence electrons. The number of hydrogen-bond acceptors (Lipinski definition) is 5. The third-order valence-electron chi connectivity index (χ3n) is 7.13. The summed E-state index contributed by atoms with van der Waals surface area (Å²) in [6.07, 6.45) is 6.70. The molecule has 0 unspecified atom stereocenters. The van der Waals surface area contributed by atoms with E-state index in [-0.39, 0.29) is 23.8 Å². The van der Waals surface area contributed by atoms with Crippen molar-refractivity contribution >= 4 is 29.0 Å². The molecular formula is C30H27N3O4S. The number of ether oxygens (including phenoxy) is 1. The van der Waals surface area contributed by atoms with Gasteiger partial charge in [-0.25, -0.2) is 4.79 Å². The van der Waals surface area contributed by atoms with E-state index in [1.54, 1.807) is 24.4 Å². The number of aromatic carboxylic acids is 1. The van der Waals surface area contributed by atoms with Gasteiger partial charge < -0.3 is 24.5 Å². The van der Waals surface area contributed by atoms with Crippen molar-refractivity contribution < 1.29 is 19.1 Å². The molecule has 2 aromatic carbocycles. The number of furan rings is 1. The number of carbonyl (C=O) groups is 1. The fourth-order valence-electron chi connectivity index (χ4n) is 5.28. The predicted octanol–water partition coefficient (Wildman–Crippen LogP) is 6.54. The number of rotatable bonds is 7. The van der Waals surface area contributed by atoms with Crippen LogP contribution in [0.3, 0.4) is 0 Å². The second-order valence-electron chi connectivity index (χ2n) is 9.60. The quantitative estimate of drug-likeness (QED) is 0.263. The van der Waals surface area contributed by atoms with Gasteiger partial charge in [-0.2, -0.15) is 0 Å². The van der Waals surface area contributed by atoms with Crippen LogP contribution in [0.1, 0.15) is 59.6 Å². The van der Waals surface area contributed by atoms with E-state index in [2.05, 4.69) is 10.3 Å². The van der Waals surface area contributed by atoms with Crippen LogP contribution in [0.25, 0.3) is 11.3 Å². The summed E-state index contributed by atoms with van der Waals surface area (Å²) in [6.45, 7) is 0. The molecule has 0 radical (unpaired) electrons. The first-order chi connectivity index (χ1) is 18.6. The van der Waals surface area contributed by atoms with E-state index in [0.717, 1.165) is 30.0 Å². The summed E-state index contributed by atoms with van der Waals surface area (Å²) in [5.74, 6) is 1.15. The van der Waals surface area contributed by atoms with Crippen molar-refractivity contribution in [3.05, 3.63) is 102 Å². The highest BCUT2D eigenvalue weighted by atomic mass is 32.1. The van der Waals surface area contributed by atoms with E-state index in [1.165, 1.54) is 12.8 Å². The summed E-state index contributed by atoms with van der Waals surface area (Å²) in [5, 5.41) is 13.4. The minimum atomic E-state index is -0.981. The van der Waals surface area contributed by atoms with Crippen molar-refractivity contribution in [3.63, 3.8) is 0 Å². The Kier molecular flexibility index (Phi) is 6.55. The normalized spacial score (nSPS) is 19.5. The fraction of sp³-hybridized carbons (Fsp3) is 0.233. The highest BCUT2D eigenvalue weighted by Crippen LogP contribution is 2.43. The number of benzene rings is 2. The highest BCUT2D eigenvalue weighted by Gasteiger charge is 2.42. The zero-order valence-electron chi connectivity index (χ0n) is 20.6. The number of nitrogens with one attached hydrogen (secondary N) is 1. The third kappa shape index (κ3) is 4.75. The smallest absolute Gasteiger partial charge is 0.335 e. The van der Waals surface area contributed by atoms with Gasteiger partial charge in [-0.1, -0.05) is 18.2 Å². The van der Waals surface area contributed by atoms with Gasteiger partial charge in [0.1, 0.15) is 23.3 Å². The van der Waals surface area contributed by atoms with E-state index in [4.69, 9.17) is 21.4 Å². The van der Waals surface area contributed by atoms with Crippen LogP contribution in [0, 0.1) is 0 Å². The van der Waals surface area contributed by atoms with Crippen molar-refractivity contribution in [2.45, 2.75) is 43.9 Å². The van der Waals surface area contributed by atoms with E-state index in [9.17, 15) is 9.90 Å². The Hall–Kier alpha value is -4.17. The SMILES string of the molecule is O=C(O)c1cccc(-c2ccc([C@@H]3[C@H](c4ccccn4)NC(=S)N3c3ccc(OC4CCCC4)cc3)o2)c1. The van der Waals surface area contributed by atoms with Crippen molar-refractivity contribution in [1.29, 1.82) is 0 Å². The van der Waals surface area contributed by atoms with Gasteiger partial charge in [0.25, 0.3) is 0 Å². The summed E-state index contributed by atoms with van der Waals surface area (Å²) >= 11 is 5.82. The van der Waals surface area contributed by atoms with E-state index < -0.39 is 5.97 Å². The van der Waals surface area contributed by atoms with Gasteiger partial charge in [0.05, 0.1) is 23.4 Å². The molecule has 2 N–H and O–H groups in total. The van der Waals surface area contributed by atoms with Crippen LogP contribution in [-0.2, 0) is 0 Å². The fourth-order valence-corrected chi connectivity index (χ4v) is 5.62. The summed E-state index contributed by atoms with van der Waals surface area (Å²) < 4.78 is 12.5. The predicted molar refractivity (Wildman–Crippen MR) is 148 cm³/mol. The Morgan fingerprint density at radius 2 is 1.84 bits per heavy atom. The number of pyridine rings is 1. The molecule has 6 rings (SSSR count). The molecule has 7 nitrogen and oxygen atoms in total. The van der Waals surface area contributed by atoms with Gasteiger partial charge >= 0.3 is 5.97 Å². The molecule has 1 saturated carbocycles. The Bertz CT molecular complexity index is 1450. The molecule has 2 fully saturated rings. The van der Waals surface area contributed by atoms with Crippen LogP contribution in [0.15, 0.2) is 89.5 Å². The first-order valence-electron chi connectivity index (χ1n) is 12.8. The molecule has 0 spiro atoms. The number of anilines is 1. The molecule has 2 aromatic heterocycles. The Morgan fingerprint density at radius 3 is 2.58 bits per heavy atom.